The second kappa shape index (κ2) is 4.49. The van der Waals surface area contributed by atoms with Crippen LogP contribution in [-0.4, -0.2) is 48.8 Å². The van der Waals surface area contributed by atoms with Gasteiger partial charge in [-0.1, -0.05) is 6.92 Å². The molecule has 2 aliphatic heterocycles. The van der Waals surface area contributed by atoms with Crippen LogP contribution in [0.25, 0.3) is 0 Å². The van der Waals surface area contributed by atoms with E-state index in [2.05, 4.69) is 11.8 Å². The molecule has 2 aliphatic rings. The number of rotatable bonds is 3. The molecule has 2 saturated heterocycles. The summed E-state index contributed by atoms with van der Waals surface area (Å²) in [6.45, 7) is 6.71. The quantitative estimate of drug-likeness (QED) is 0.749. The van der Waals surface area contributed by atoms with E-state index in [-0.39, 0.29) is 0 Å². The van der Waals surface area contributed by atoms with Crippen molar-refractivity contribution in [2.75, 3.05) is 32.8 Å². The Hall–Kier alpha value is -0.610. The van der Waals surface area contributed by atoms with Crippen LogP contribution in [0.4, 0.5) is 0 Å². The van der Waals surface area contributed by atoms with E-state index in [1.807, 2.05) is 0 Å². The van der Waals surface area contributed by atoms with E-state index in [0.717, 1.165) is 32.8 Å². The topological polar surface area (TPSA) is 49.8 Å². The Morgan fingerprint density at radius 1 is 1.40 bits per heavy atom. The summed E-state index contributed by atoms with van der Waals surface area (Å²) in [5.74, 6) is 0.517. The fraction of sp³-hybridized carbons (Fsp3) is 0.909. The van der Waals surface area contributed by atoms with E-state index < -0.39 is 5.97 Å². The Bertz CT molecular complexity index is 230. The summed E-state index contributed by atoms with van der Waals surface area (Å²) in [6, 6.07) is 0. The summed E-state index contributed by atoms with van der Waals surface area (Å²) < 4.78 is 5.52. The van der Waals surface area contributed by atoms with Gasteiger partial charge in [0.1, 0.15) is 0 Å². The summed E-state index contributed by atoms with van der Waals surface area (Å²) in [6.07, 6.45) is 0.316. The van der Waals surface area contributed by atoms with Crippen LogP contribution in [0, 0.1) is 17.8 Å². The monoisotopic (exact) mass is 213 g/mol. The van der Waals surface area contributed by atoms with Gasteiger partial charge in [0, 0.05) is 19.5 Å². The third-order valence-corrected chi connectivity index (χ3v) is 3.72. The Balaban J connectivity index is 2.03. The summed E-state index contributed by atoms with van der Waals surface area (Å²) in [7, 11) is 0. The molecule has 2 bridgehead atoms. The van der Waals surface area contributed by atoms with Gasteiger partial charge < -0.3 is 14.7 Å². The third kappa shape index (κ3) is 2.32. The molecular formula is C11H19NO3. The maximum atomic E-state index is 10.8. The highest BCUT2D eigenvalue weighted by atomic mass is 16.5. The number of piperidine rings is 1. The Labute approximate surface area is 90.2 Å². The Kier molecular flexibility index (Phi) is 3.26. The minimum Gasteiger partial charge on any atom is -0.481 e. The van der Waals surface area contributed by atoms with Gasteiger partial charge >= 0.3 is 5.97 Å². The minimum atomic E-state index is -0.665. The first-order valence-corrected chi connectivity index (χ1v) is 5.72. The van der Waals surface area contributed by atoms with Crippen LogP contribution < -0.4 is 0 Å². The van der Waals surface area contributed by atoms with E-state index >= 15 is 0 Å². The van der Waals surface area contributed by atoms with Crippen molar-refractivity contribution in [3.63, 3.8) is 0 Å². The molecule has 0 aliphatic carbocycles. The molecule has 2 unspecified atom stereocenters. The summed E-state index contributed by atoms with van der Waals surface area (Å²) in [5, 5.41) is 8.89. The average Bonchev–Trinajstić information content (AvgIpc) is 2.16. The van der Waals surface area contributed by atoms with Gasteiger partial charge in [0.25, 0.3) is 0 Å². The van der Waals surface area contributed by atoms with Gasteiger partial charge in [-0.25, -0.2) is 0 Å². The van der Waals surface area contributed by atoms with Crippen molar-refractivity contribution in [2.24, 2.45) is 17.8 Å². The van der Waals surface area contributed by atoms with Crippen molar-refractivity contribution in [2.45, 2.75) is 13.3 Å². The van der Waals surface area contributed by atoms with E-state index in [1.54, 1.807) is 0 Å². The molecule has 15 heavy (non-hydrogen) atoms. The van der Waals surface area contributed by atoms with Crippen LogP contribution >= 0.6 is 0 Å². The molecule has 0 saturated carbocycles. The molecule has 2 heterocycles. The maximum Gasteiger partial charge on any atom is 0.303 e. The first-order valence-electron chi connectivity index (χ1n) is 5.72. The Morgan fingerprint density at radius 3 is 2.47 bits per heavy atom. The fourth-order valence-corrected chi connectivity index (χ4v) is 2.91. The van der Waals surface area contributed by atoms with Gasteiger partial charge in [0.15, 0.2) is 0 Å². The van der Waals surface area contributed by atoms with Crippen LogP contribution in [0.1, 0.15) is 13.3 Å². The number of hydrogen-bond donors (Lipinski definition) is 1. The third-order valence-electron chi connectivity index (χ3n) is 3.72. The molecule has 86 valence electrons. The lowest BCUT2D eigenvalue weighted by Gasteiger charge is -2.46. The molecule has 4 heteroatoms. The van der Waals surface area contributed by atoms with Crippen LogP contribution in [0.3, 0.4) is 0 Å². The summed E-state index contributed by atoms with van der Waals surface area (Å²) in [5.41, 5.74) is 0. The molecule has 0 aromatic carbocycles. The molecule has 2 fully saturated rings. The number of carbonyl (C=O) groups is 1. The standard InChI is InChI=1S/C11H19NO3/c1-2-12-4-8-6-15-7-9(5-12)10(8)3-11(13)14/h8-10H,2-7H2,1H3,(H,13,14). The molecule has 1 N–H and O–H groups in total. The van der Waals surface area contributed by atoms with Crippen LogP contribution in [0.5, 0.6) is 0 Å². The molecule has 0 spiro atoms. The molecule has 4 nitrogen and oxygen atoms in total. The second-order valence-corrected chi connectivity index (χ2v) is 4.67. The number of carboxylic acid groups (broad SMARTS) is 1. The fourth-order valence-electron chi connectivity index (χ4n) is 2.91. The van der Waals surface area contributed by atoms with Crippen molar-refractivity contribution in [1.82, 2.24) is 4.90 Å². The molecule has 2 atom stereocenters. The van der Waals surface area contributed by atoms with E-state index in [0.29, 0.717) is 24.2 Å². The van der Waals surface area contributed by atoms with Crippen molar-refractivity contribution in [3.05, 3.63) is 0 Å². The number of carboxylic acids is 1. The lowest BCUT2D eigenvalue weighted by atomic mass is 9.75. The average molecular weight is 213 g/mol. The molecule has 0 radical (unpaired) electrons. The number of likely N-dealkylation sites (tertiary alicyclic amines) is 1. The number of ether oxygens (including phenoxy) is 1. The predicted molar refractivity (Wildman–Crippen MR) is 55.7 cm³/mol. The van der Waals surface area contributed by atoms with Crippen molar-refractivity contribution < 1.29 is 14.6 Å². The molecule has 0 aromatic rings. The van der Waals surface area contributed by atoms with Gasteiger partial charge in [0.2, 0.25) is 0 Å². The summed E-state index contributed by atoms with van der Waals surface area (Å²) >= 11 is 0. The smallest absolute Gasteiger partial charge is 0.303 e. The molecule has 2 rings (SSSR count). The van der Waals surface area contributed by atoms with Crippen LogP contribution in [0.15, 0.2) is 0 Å². The number of hydrogen-bond acceptors (Lipinski definition) is 3. The largest absolute Gasteiger partial charge is 0.481 e. The maximum absolute atomic E-state index is 10.8. The zero-order valence-corrected chi connectivity index (χ0v) is 9.19. The molecule has 0 amide bonds. The Morgan fingerprint density at radius 2 is 2.00 bits per heavy atom. The van der Waals surface area contributed by atoms with Crippen molar-refractivity contribution >= 4 is 5.97 Å². The molecular weight excluding hydrogens is 194 g/mol. The van der Waals surface area contributed by atoms with Gasteiger partial charge in [-0.05, 0) is 24.3 Å². The summed E-state index contributed by atoms with van der Waals surface area (Å²) in [4.78, 5) is 13.2. The van der Waals surface area contributed by atoms with Crippen LogP contribution in [0.2, 0.25) is 0 Å². The SMILES string of the molecule is CCN1CC2COCC(C1)C2CC(=O)O. The lowest BCUT2D eigenvalue weighted by Crippen LogP contribution is -2.52. The second-order valence-electron chi connectivity index (χ2n) is 4.67. The zero-order chi connectivity index (χ0) is 10.8. The van der Waals surface area contributed by atoms with Gasteiger partial charge in [-0.15, -0.1) is 0 Å². The van der Waals surface area contributed by atoms with E-state index in [9.17, 15) is 4.79 Å². The zero-order valence-electron chi connectivity index (χ0n) is 9.19. The number of nitrogens with zero attached hydrogens (tertiary/aromatic N) is 1. The van der Waals surface area contributed by atoms with Gasteiger partial charge in [-0.2, -0.15) is 0 Å². The van der Waals surface area contributed by atoms with E-state index in [4.69, 9.17) is 9.84 Å². The van der Waals surface area contributed by atoms with Crippen LogP contribution in [-0.2, 0) is 9.53 Å². The normalized spacial score (nSPS) is 36.5. The molecule has 0 aromatic heterocycles. The highest BCUT2D eigenvalue weighted by Gasteiger charge is 2.40. The number of fused-ring (bicyclic) bond motifs is 2. The van der Waals surface area contributed by atoms with Gasteiger partial charge in [-0.3, -0.25) is 4.79 Å². The van der Waals surface area contributed by atoms with Crippen molar-refractivity contribution in [3.8, 4) is 0 Å². The predicted octanol–water partition coefficient (Wildman–Crippen LogP) is 0.675. The van der Waals surface area contributed by atoms with Crippen molar-refractivity contribution in [1.29, 1.82) is 0 Å². The number of aliphatic carboxylic acids is 1. The first kappa shape index (κ1) is 10.9. The lowest BCUT2D eigenvalue weighted by molar-refractivity contribution is -0.144. The highest BCUT2D eigenvalue weighted by molar-refractivity contribution is 5.67. The van der Waals surface area contributed by atoms with E-state index in [1.165, 1.54) is 0 Å². The highest BCUT2D eigenvalue weighted by Crippen LogP contribution is 2.35. The van der Waals surface area contributed by atoms with Gasteiger partial charge in [0.05, 0.1) is 13.2 Å². The first-order chi connectivity index (χ1) is 7.20. The minimum absolute atomic E-state index is 0.316.